The van der Waals surface area contributed by atoms with Crippen molar-refractivity contribution in [2.75, 3.05) is 5.32 Å². The normalized spacial score (nSPS) is 12.0. The molecule has 0 radical (unpaired) electrons. The standard InChI is InChI=1S/C18H14F3N3O2S/c1-10(17(25)22-13-8-7-12(19)15(20)16(13)21)27-18-24-23-14(26-18)9-11-5-3-2-4-6-11/h2-8,10H,9H2,1H3,(H,22,25)/t10-/m1/s1. The van der Waals surface area contributed by atoms with Crippen LogP contribution in [-0.2, 0) is 11.2 Å². The highest BCUT2D eigenvalue weighted by Gasteiger charge is 2.21. The fourth-order valence-corrected chi connectivity index (χ4v) is 2.89. The second-order valence-corrected chi connectivity index (χ2v) is 6.89. The molecule has 0 saturated carbocycles. The van der Waals surface area contributed by atoms with E-state index in [1.54, 1.807) is 6.92 Å². The maximum atomic E-state index is 13.6. The third kappa shape index (κ3) is 4.68. The van der Waals surface area contributed by atoms with Gasteiger partial charge in [-0.15, -0.1) is 10.2 Å². The number of aromatic nitrogens is 2. The summed E-state index contributed by atoms with van der Waals surface area (Å²) in [6.45, 7) is 1.54. The quantitative estimate of drug-likeness (QED) is 0.502. The summed E-state index contributed by atoms with van der Waals surface area (Å²) < 4.78 is 45.3. The van der Waals surface area contributed by atoms with Crippen LogP contribution in [0.4, 0.5) is 18.9 Å². The monoisotopic (exact) mass is 393 g/mol. The molecule has 27 heavy (non-hydrogen) atoms. The third-order valence-electron chi connectivity index (χ3n) is 3.59. The van der Waals surface area contributed by atoms with Crippen molar-refractivity contribution >= 4 is 23.4 Å². The van der Waals surface area contributed by atoms with Gasteiger partial charge in [0.1, 0.15) is 0 Å². The van der Waals surface area contributed by atoms with E-state index < -0.39 is 34.3 Å². The first-order chi connectivity index (χ1) is 12.9. The number of nitrogens with zero attached hydrogens (tertiary/aromatic N) is 2. The van der Waals surface area contributed by atoms with E-state index in [0.717, 1.165) is 29.5 Å². The number of halogens is 3. The van der Waals surface area contributed by atoms with Crippen molar-refractivity contribution in [3.63, 3.8) is 0 Å². The molecule has 0 spiro atoms. The molecule has 0 aliphatic carbocycles. The summed E-state index contributed by atoms with van der Waals surface area (Å²) in [6, 6.07) is 11.2. The van der Waals surface area contributed by atoms with Crippen molar-refractivity contribution in [1.29, 1.82) is 0 Å². The Kier molecular flexibility index (Phi) is 5.80. The molecule has 0 aliphatic heterocycles. The molecule has 0 saturated heterocycles. The fourth-order valence-electron chi connectivity index (χ4n) is 2.19. The number of hydrogen-bond acceptors (Lipinski definition) is 5. The second kappa shape index (κ2) is 8.26. The van der Waals surface area contributed by atoms with Gasteiger partial charge in [-0.1, -0.05) is 42.1 Å². The van der Waals surface area contributed by atoms with Crippen molar-refractivity contribution in [3.8, 4) is 0 Å². The molecule has 1 atom stereocenters. The summed E-state index contributed by atoms with van der Waals surface area (Å²) >= 11 is 0.973. The predicted octanol–water partition coefficient (Wildman–Crippen LogP) is 4.20. The Hall–Kier alpha value is -2.81. The summed E-state index contributed by atoms with van der Waals surface area (Å²) in [4.78, 5) is 12.2. The van der Waals surface area contributed by atoms with Crippen LogP contribution in [0.5, 0.6) is 0 Å². The molecule has 9 heteroatoms. The molecule has 3 rings (SSSR count). The number of rotatable bonds is 6. The number of hydrogen-bond donors (Lipinski definition) is 1. The lowest BCUT2D eigenvalue weighted by atomic mass is 10.2. The molecule has 1 aromatic heterocycles. The topological polar surface area (TPSA) is 68.0 Å². The van der Waals surface area contributed by atoms with Gasteiger partial charge in [0.05, 0.1) is 17.4 Å². The Morgan fingerprint density at radius 3 is 2.59 bits per heavy atom. The first-order valence-electron chi connectivity index (χ1n) is 7.91. The van der Waals surface area contributed by atoms with Crippen LogP contribution in [-0.4, -0.2) is 21.4 Å². The number of nitrogens with one attached hydrogen (secondary N) is 1. The minimum Gasteiger partial charge on any atom is -0.416 e. The van der Waals surface area contributed by atoms with Gasteiger partial charge < -0.3 is 9.73 Å². The van der Waals surface area contributed by atoms with Crippen molar-refractivity contribution in [2.24, 2.45) is 0 Å². The minimum atomic E-state index is -1.64. The smallest absolute Gasteiger partial charge is 0.277 e. The Morgan fingerprint density at radius 2 is 1.85 bits per heavy atom. The Morgan fingerprint density at radius 1 is 1.11 bits per heavy atom. The maximum Gasteiger partial charge on any atom is 0.277 e. The van der Waals surface area contributed by atoms with Gasteiger partial charge in [-0.05, 0) is 24.6 Å². The second-order valence-electron chi connectivity index (χ2n) is 5.60. The first kappa shape index (κ1) is 19.0. The van der Waals surface area contributed by atoms with Gasteiger partial charge in [-0.3, -0.25) is 4.79 Å². The lowest BCUT2D eigenvalue weighted by molar-refractivity contribution is -0.115. The van der Waals surface area contributed by atoms with E-state index in [0.29, 0.717) is 12.3 Å². The Balaban J connectivity index is 1.61. The van der Waals surface area contributed by atoms with E-state index in [4.69, 9.17) is 4.42 Å². The van der Waals surface area contributed by atoms with E-state index in [9.17, 15) is 18.0 Å². The van der Waals surface area contributed by atoms with Gasteiger partial charge in [0.15, 0.2) is 17.5 Å². The maximum absolute atomic E-state index is 13.6. The van der Waals surface area contributed by atoms with E-state index in [1.807, 2.05) is 30.3 Å². The number of anilines is 1. The van der Waals surface area contributed by atoms with Crippen LogP contribution in [0.3, 0.4) is 0 Å². The van der Waals surface area contributed by atoms with Gasteiger partial charge in [0, 0.05) is 0 Å². The SMILES string of the molecule is C[C@@H](Sc1nnc(Cc2ccccc2)o1)C(=O)Nc1ccc(F)c(F)c1F. The first-order valence-corrected chi connectivity index (χ1v) is 8.79. The van der Waals surface area contributed by atoms with Crippen LogP contribution < -0.4 is 5.32 Å². The van der Waals surface area contributed by atoms with Gasteiger partial charge in [-0.25, -0.2) is 13.2 Å². The van der Waals surface area contributed by atoms with Gasteiger partial charge in [-0.2, -0.15) is 0 Å². The molecule has 0 aliphatic rings. The van der Waals surface area contributed by atoms with Crippen LogP contribution in [0.2, 0.25) is 0 Å². The van der Waals surface area contributed by atoms with Crippen molar-refractivity contribution in [3.05, 3.63) is 71.4 Å². The predicted molar refractivity (Wildman–Crippen MR) is 93.8 cm³/mol. The average molecular weight is 393 g/mol. The Bertz CT molecular complexity index is 950. The van der Waals surface area contributed by atoms with Crippen LogP contribution in [0.25, 0.3) is 0 Å². The molecule has 0 fully saturated rings. The number of carbonyl (C=O) groups is 1. The lowest BCUT2D eigenvalue weighted by Gasteiger charge is -2.11. The number of thioether (sulfide) groups is 1. The zero-order valence-electron chi connectivity index (χ0n) is 14.1. The molecule has 140 valence electrons. The fraction of sp³-hybridized carbons (Fsp3) is 0.167. The molecule has 5 nitrogen and oxygen atoms in total. The van der Waals surface area contributed by atoms with Crippen molar-refractivity contribution in [1.82, 2.24) is 10.2 Å². The van der Waals surface area contributed by atoms with Crippen LogP contribution in [0.15, 0.2) is 52.1 Å². The minimum absolute atomic E-state index is 0.175. The summed E-state index contributed by atoms with van der Waals surface area (Å²) in [6.07, 6.45) is 0.453. The molecule has 0 bridgehead atoms. The van der Waals surface area contributed by atoms with E-state index in [1.165, 1.54) is 0 Å². The molecule has 0 unspecified atom stereocenters. The van der Waals surface area contributed by atoms with Crippen LogP contribution in [0, 0.1) is 17.5 Å². The highest BCUT2D eigenvalue weighted by atomic mass is 32.2. The van der Waals surface area contributed by atoms with Crippen molar-refractivity contribution in [2.45, 2.75) is 23.8 Å². The Labute approximate surface area is 157 Å². The van der Waals surface area contributed by atoms with Gasteiger partial charge in [0.2, 0.25) is 11.8 Å². The zero-order chi connectivity index (χ0) is 19.4. The van der Waals surface area contributed by atoms with Gasteiger partial charge >= 0.3 is 0 Å². The molecule has 1 amide bonds. The molecular formula is C18H14F3N3O2S. The van der Waals surface area contributed by atoms with Gasteiger partial charge in [0.25, 0.3) is 5.22 Å². The molecule has 2 aromatic carbocycles. The summed E-state index contributed by atoms with van der Waals surface area (Å²) in [5, 5.41) is 9.45. The summed E-state index contributed by atoms with van der Waals surface area (Å²) in [7, 11) is 0. The molecule has 1 heterocycles. The number of amides is 1. The largest absolute Gasteiger partial charge is 0.416 e. The summed E-state index contributed by atoms with van der Waals surface area (Å²) in [5.74, 6) is -4.65. The van der Waals surface area contributed by atoms with Crippen molar-refractivity contribution < 1.29 is 22.4 Å². The third-order valence-corrected chi connectivity index (χ3v) is 4.52. The molecular weight excluding hydrogens is 379 g/mol. The lowest BCUT2D eigenvalue weighted by Crippen LogP contribution is -2.23. The van der Waals surface area contributed by atoms with E-state index >= 15 is 0 Å². The molecule has 1 N–H and O–H groups in total. The number of benzene rings is 2. The highest BCUT2D eigenvalue weighted by molar-refractivity contribution is 8.00. The van der Waals surface area contributed by atoms with Crippen LogP contribution in [0.1, 0.15) is 18.4 Å². The van der Waals surface area contributed by atoms with E-state index in [2.05, 4.69) is 15.5 Å². The highest BCUT2D eigenvalue weighted by Crippen LogP contribution is 2.25. The van der Waals surface area contributed by atoms with E-state index in [-0.39, 0.29) is 5.22 Å². The van der Waals surface area contributed by atoms with Crippen LogP contribution >= 0.6 is 11.8 Å². The molecule has 3 aromatic rings. The average Bonchev–Trinajstić information content (AvgIpc) is 3.09. The number of carbonyl (C=O) groups excluding carboxylic acids is 1. The zero-order valence-corrected chi connectivity index (χ0v) is 14.9. The summed E-state index contributed by atoms with van der Waals surface area (Å²) in [5.41, 5.74) is 0.555.